The van der Waals surface area contributed by atoms with Gasteiger partial charge in [0.15, 0.2) is 0 Å². The molecule has 0 aromatic heterocycles. The Kier molecular flexibility index (Phi) is 9.38. The molecule has 0 heterocycles. The minimum absolute atomic E-state index is 0.0547. The summed E-state index contributed by atoms with van der Waals surface area (Å²) in [5.41, 5.74) is 1.44. The third-order valence-corrected chi connectivity index (χ3v) is 4.57. The van der Waals surface area contributed by atoms with Gasteiger partial charge in [0.25, 0.3) is 6.47 Å². The van der Waals surface area contributed by atoms with Gasteiger partial charge in [0.05, 0.1) is 10.0 Å². The second kappa shape index (κ2) is 12.0. The number of carboxylic acid groups (broad SMARTS) is 1. The second-order valence-corrected chi connectivity index (χ2v) is 7.07. The van der Waals surface area contributed by atoms with Gasteiger partial charge in [0.1, 0.15) is 5.75 Å². The molecule has 0 saturated heterocycles. The zero-order chi connectivity index (χ0) is 24.4. The van der Waals surface area contributed by atoms with Crippen molar-refractivity contribution in [3.8, 4) is 16.9 Å². The van der Waals surface area contributed by atoms with Crippen molar-refractivity contribution in [2.45, 2.75) is 12.9 Å². The first-order valence-electron chi connectivity index (χ1n) is 9.15. The number of amides is 2. The zero-order valence-electron chi connectivity index (χ0n) is 16.7. The van der Waals surface area contributed by atoms with Crippen molar-refractivity contribution in [3.05, 3.63) is 82.3 Å². The fourth-order valence-electron chi connectivity index (χ4n) is 2.74. The van der Waals surface area contributed by atoms with E-state index in [9.17, 15) is 18.0 Å². The standard InChI is InChI=1S/C21H15Cl2F3N2O2.CH2O2/c22-16-10-14(28-20(29)27-12-13-6-2-1-3-7-13)11-17(23)19(16)15-8-4-5-9-18(15)30-21(24,25)26;2-1-3/h1-11H,12H2,(H2,27,28,29);1H,(H,2,3). The van der Waals surface area contributed by atoms with Crippen LogP contribution in [0.15, 0.2) is 66.7 Å². The molecule has 0 fully saturated rings. The van der Waals surface area contributed by atoms with E-state index >= 15 is 0 Å². The van der Waals surface area contributed by atoms with Crippen molar-refractivity contribution in [1.82, 2.24) is 5.32 Å². The maximum absolute atomic E-state index is 12.7. The lowest BCUT2D eigenvalue weighted by atomic mass is 10.0. The van der Waals surface area contributed by atoms with Crippen LogP contribution in [-0.2, 0) is 11.3 Å². The van der Waals surface area contributed by atoms with Crippen LogP contribution in [0.5, 0.6) is 5.75 Å². The molecule has 3 N–H and O–H groups in total. The molecule has 3 aromatic rings. The Balaban J connectivity index is 0.00000122. The summed E-state index contributed by atoms with van der Waals surface area (Å²) < 4.78 is 42.2. The number of para-hydroxylation sites is 1. The summed E-state index contributed by atoms with van der Waals surface area (Å²) in [6, 6.07) is 17.1. The Morgan fingerprint density at radius 2 is 1.55 bits per heavy atom. The van der Waals surface area contributed by atoms with Crippen LogP contribution in [0.1, 0.15) is 5.56 Å². The van der Waals surface area contributed by atoms with Crippen molar-refractivity contribution in [3.63, 3.8) is 0 Å². The average molecular weight is 501 g/mol. The summed E-state index contributed by atoms with van der Waals surface area (Å²) in [6.07, 6.45) is -4.87. The Bertz CT molecular complexity index is 1070. The molecular weight excluding hydrogens is 484 g/mol. The Morgan fingerprint density at radius 1 is 1.00 bits per heavy atom. The van der Waals surface area contributed by atoms with Crippen molar-refractivity contribution < 1.29 is 32.6 Å². The molecule has 3 aromatic carbocycles. The molecular formula is C22H17Cl2F3N2O4. The Labute approximate surface area is 196 Å². The number of hydrogen-bond donors (Lipinski definition) is 3. The smallest absolute Gasteiger partial charge is 0.483 e. The van der Waals surface area contributed by atoms with Crippen molar-refractivity contribution in [2.75, 3.05) is 5.32 Å². The molecule has 174 valence electrons. The quantitative estimate of drug-likeness (QED) is 0.345. The van der Waals surface area contributed by atoms with Gasteiger partial charge in [-0.1, -0.05) is 71.7 Å². The molecule has 11 heteroatoms. The monoisotopic (exact) mass is 500 g/mol. The first-order chi connectivity index (χ1) is 15.6. The fraction of sp³-hybridized carbons (Fsp3) is 0.0909. The molecule has 2 amide bonds. The van der Waals surface area contributed by atoms with Crippen LogP contribution in [0.25, 0.3) is 11.1 Å². The van der Waals surface area contributed by atoms with Crippen LogP contribution in [0.2, 0.25) is 10.0 Å². The van der Waals surface area contributed by atoms with Crippen LogP contribution < -0.4 is 15.4 Å². The second-order valence-electron chi connectivity index (χ2n) is 6.26. The lowest BCUT2D eigenvalue weighted by Gasteiger charge is -2.16. The lowest BCUT2D eigenvalue weighted by Crippen LogP contribution is -2.28. The highest BCUT2D eigenvalue weighted by Gasteiger charge is 2.32. The number of ether oxygens (including phenoxy) is 1. The highest BCUT2D eigenvalue weighted by atomic mass is 35.5. The van der Waals surface area contributed by atoms with Gasteiger partial charge in [0, 0.05) is 23.4 Å². The predicted octanol–water partition coefficient (Wildman–Crippen LogP) is 6.58. The molecule has 3 rings (SSSR count). The van der Waals surface area contributed by atoms with Gasteiger partial charge < -0.3 is 20.5 Å². The normalized spacial score (nSPS) is 10.5. The number of nitrogens with one attached hydrogen (secondary N) is 2. The number of halogens is 5. The van der Waals surface area contributed by atoms with Crippen molar-refractivity contribution in [2.24, 2.45) is 0 Å². The number of hydrogen-bond acceptors (Lipinski definition) is 3. The summed E-state index contributed by atoms with van der Waals surface area (Å²) in [7, 11) is 0. The predicted molar refractivity (Wildman–Crippen MR) is 120 cm³/mol. The highest BCUT2D eigenvalue weighted by Crippen LogP contribution is 2.42. The van der Waals surface area contributed by atoms with E-state index in [0.717, 1.165) is 5.56 Å². The molecule has 0 aliphatic rings. The van der Waals surface area contributed by atoms with E-state index in [1.165, 1.54) is 36.4 Å². The SMILES string of the molecule is O=C(NCc1ccccc1)Nc1cc(Cl)c(-c2ccccc2OC(F)(F)F)c(Cl)c1.O=CO. The number of urea groups is 1. The molecule has 33 heavy (non-hydrogen) atoms. The van der Waals surface area contributed by atoms with Crippen LogP contribution in [-0.4, -0.2) is 24.0 Å². The first-order valence-corrected chi connectivity index (χ1v) is 9.91. The molecule has 0 saturated carbocycles. The van der Waals surface area contributed by atoms with Crippen molar-refractivity contribution >= 4 is 41.4 Å². The van der Waals surface area contributed by atoms with Crippen LogP contribution in [0.3, 0.4) is 0 Å². The van der Waals surface area contributed by atoms with E-state index in [0.29, 0.717) is 6.54 Å². The summed E-state index contributed by atoms with van der Waals surface area (Å²) in [5.74, 6) is -0.435. The van der Waals surface area contributed by atoms with Crippen LogP contribution in [0.4, 0.5) is 23.7 Å². The zero-order valence-corrected chi connectivity index (χ0v) is 18.2. The van der Waals surface area contributed by atoms with E-state index in [1.54, 1.807) is 0 Å². The molecule has 0 atom stereocenters. The maximum atomic E-state index is 12.7. The van der Waals surface area contributed by atoms with Crippen molar-refractivity contribution in [1.29, 1.82) is 0 Å². The van der Waals surface area contributed by atoms with E-state index in [4.69, 9.17) is 33.1 Å². The van der Waals surface area contributed by atoms with Gasteiger partial charge in [-0.05, 0) is 23.8 Å². The minimum atomic E-state index is -4.87. The molecule has 0 aliphatic carbocycles. The number of benzene rings is 3. The summed E-state index contributed by atoms with van der Waals surface area (Å²) in [5, 5.41) is 12.3. The Morgan fingerprint density at radius 3 is 2.12 bits per heavy atom. The van der Waals surface area contributed by atoms with Gasteiger partial charge >= 0.3 is 12.4 Å². The van der Waals surface area contributed by atoms with E-state index in [1.807, 2.05) is 30.3 Å². The lowest BCUT2D eigenvalue weighted by molar-refractivity contribution is -0.274. The molecule has 0 aliphatic heterocycles. The summed E-state index contributed by atoms with van der Waals surface area (Å²) in [4.78, 5) is 20.5. The van der Waals surface area contributed by atoms with E-state index < -0.39 is 18.1 Å². The molecule has 0 unspecified atom stereocenters. The number of anilines is 1. The molecule has 0 bridgehead atoms. The van der Waals surface area contributed by atoms with Crippen LogP contribution in [0, 0.1) is 0 Å². The maximum Gasteiger partial charge on any atom is 0.573 e. The number of carbonyl (C=O) groups excluding carboxylic acids is 1. The van der Waals surface area contributed by atoms with E-state index in [-0.39, 0.29) is 33.3 Å². The number of carbonyl (C=O) groups is 2. The topological polar surface area (TPSA) is 87.7 Å². The van der Waals surface area contributed by atoms with Gasteiger partial charge in [-0.25, -0.2) is 4.79 Å². The van der Waals surface area contributed by atoms with Crippen LogP contribution >= 0.6 is 23.2 Å². The van der Waals surface area contributed by atoms with Gasteiger partial charge in [0.2, 0.25) is 0 Å². The third kappa shape index (κ3) is 8.21. The first kappa shape index (κ1) is 25.8. The number of rotatable bonds is 5. The highest BCUT2D eigenvalue weighted by molar-refractivity contribution is 6.40. The van der Waals surface area contributed by atoms with E-state index in [2.05, 4.69) is 15.4 Å². The molecule has 6 nitrogen and oxygen atoms in total. The fourth-order valence-corrected chi connectivity index (χ4v) is 3.43. The third-order valence-electron chi connectivity index (χ3n) is 3.98. The van der Waals surface area contributed by atoms with Gasteiger partial charge in [-0.3, -0.25) is 4.79 Å². The molecule has 0 spiro atoms. The minimum Gasteiger partial charge on any atom is -0.483 e. The average Bonchev–Trinajstić information content (AvgIpc) is 2.73. The molecule has 0 radical (unpaired) electrons. The Hall–Kier alpha value is -3.43. The summed E-state index contributed by atoms with van der Waals surface area (Å²) >= 11 is 12.6. The number of alkyl halides is 3. The largest absolute Gasteiger partial charge is 0.573 e. The summed E-state index contributed by atoms with van der Waals surface area (Å²) in [6.45, 7) is 0.0639. The van der Waals surface area contributed by atoms with Gasteiger partial charge in [-0.15, -0.1) is 13.2 Å². The van der Waals surface area contributed by atoms with Gasteiger partial charge in [-0.2, -0.15) is 0 Å².